The first-order valence-electron chi connectivity index (χ1n) is 10.4. The number of aliphatic hydroxyl groups is 1. The Labute approximate surface area is 179 Å². The van der Waals surface area contributed by atoms with Gasteiger partial charge in [0.15, 0.2) is 0 Å². The van der Waals surface area contributed by atoms with Gasteiger partial charge in [-0.2, -0.15) is 0 Å². The minimum Gasteiger partial charge on any atom is -0.394 e. The predicted molar refractivity (Wildman–Crippen MR) is 118 cm³/mol. The van der Waals surface area contributed by atoms with Crippen LogP contribution in [-0.4, -0.2) is 60.9 Å². The van der Waals surface area contributed by atoms with Crippen LogP contribution in [0.25, 0.3) is 11.1 Å². The molecule has 1 amide bonds. The summed E-state index contributed by atoms with van der Waals surface area (Å²) in [6.45, 7) is 5.06. The number of aliphatic hydroxyl groups excluding tert-OH is 1. The van der Waals surface area contributed by atoms with Crippen molar-refractivity contribution in [3.63, 3.8) is 0 Å². The summed E-state index contributed by atoms with van der Waals surface area (Å²) in [5.41, 5.74) is 3.21. The maximum Gasteiger partial charge on any atom is 0.266 e. The summed E-state index contributed by atoms with van der Waals surface area (Å²) < 4.78 is 26.0. The van der Waals surface area contributed by atoms with Crippen LogP contribution in [0.4, 0.5) is 0 Å². The molecule has 30 heavy (non-hydrogen) atoms. The molecule has 1 fully saturated rings. The number of hydrogen-bond acceptors (Lipinski definition) is 5. The van der Waals surface area contributed by atoms with E-state index in [4.69, 9.17) is 5.11 Å². The van der Waals surface area contributed by atoms with Crippen molar-refractivity contribution in [2.45, 2.75) is 44.0 Å². The van der Waals surface area contributed by atoms with Crippen LogP contribution in [0, 0.1) is 0 Å². The molecule has 0 saturated carbocycles. The molecule has 0 radical (unpaired) electrons. The number of hydrogen-bond donors (Lipinski definition) is 1. The highest BCUT2D eigenvalue weighted by molar-refractivity contribution is 7.89. The first-order chi connectivity index (χ1) is 14.3. The molecule has 6 nitrogen and oxygen atoms in total. The second kappa shape index (κ2) is 9.73. The molecular formula is C23H30N2O4S. The summed E-state index contributed by atoms with van der Waals surface area (Å²) in [4.78, 5) is 14.2. The van der Waals surface area contributed by atoms with Crippen molar-refractivity contribution in [2.24, 2.45) is 0 Å². The van der Waals surface area contributed by atoms with Gasteiger partial charge in [0.05, 0.1) is 18.0 Å². The van der Waals surface area contributed by atoms with Crippen LogP contribution in [-0.2, 0) is 21.2 Å². The Kier molecular flexibility index (Phi) is 7.28. The van der Waals surface area contributed by atoms with Crippen LogP contribution < -0.4 is 0 Å². The van der Waals surface area contributed by atoms with E-state index in [1.807, 2.05) is 0 Å². The molecule has 0 unspecified atom stereocenters. The van der Waals surface area contributed by atoms with Gasteiger partial charge in [0.1, 0.15) is 0 Å². The van der Waals surface area contributed by atoms with E-state index < -0.39 is 22.5 Å². The highest BCUT2D eigenvalue weighted by Gasteiger charge is 2.26. The molecule has 162 valence electrons. The SMILES string of the molecule is CC(=O)N(CCO)S(=O)(=O)c1ccc(-c2ccc(CCN3CCC[C@H]3C)cc2)cc1. The number of rotatable bonds is 8. The van der Waals surface area contributed by atoms with Crippen LogP contribution in [0.2, 0.25) is 0 Å². The Balaban J connectivity index is 1.69. The third-order valence-corrected chi connectivity index (χ3v) is 7.65. The monoisotopic (exact) mass is 430 g/mol. The summed E-state index contributed by atoms with van der Waals surface area (Å²) in [6, 6.07) is 15.5. The molecule has 3 rings (SSSR count). The average Bonchev–Trinajstić information content (AvgIpc) is 3.15. The van der Waals surface area contributed by atoms with Crippen molar-refractivity contribution in [1.29, 1.82) is 0 Å². The lowest BCUT2D eigenvalue weighted by Gasteiger charge is -2.20. The Morgan fingerprint density at radius 1 is 1.10 bits per heavy atom. The molecule has 1 aliphatic heterocycles. The van der Waals surface area contributed by atoms with Crippen molar-refractivity contribution >= 4 is 15.9 Å². The zero-order chi connectivity index (χ0) is 21.7. The molecule has 2 aromatic rings. The van der Waals surface area contributed by atoms with Gasteiger partial charge in [0, 0.05) is 19.5 Å². The first kappa shape index (κ1) is 22.5. The minimum absolute atomic E-state index is 0.0336. The van der Waals surface area contributed by atoms with Crippen molar-refractivity contribution in [3.05, 3.63) is 54.1 Å². The number of carbonyl (C=O) groups excluding carboxylic acids is 1. The Hall–Kier alpha value is -2.22. The molecule has 1 heterocycles. The number of benzene rings is 2. The van der Waals surface area contributed by atoms with E-state index >= 15 is 0 Å². The summed E-state index contributed by atoms with van der Waals surface area (Å²) in [5, 5.41) is 9.06. The molecule has 0 aromatic heterocycles. The lowest BCUT2D eigenvalue weighted by Crippen LogP contribution is -2.37. The fourth-order valence-electron chi connectivity index (χ4n) is 3.95. The highest BCUT2D eigenvalue weighted by atomic mass is 32.2. The number of amides is 1. The zero-order valence-corrected chi connectivity index (χ0v) is 18.4. The summed E-state index contributed by atoms with van der Waals surface area (Å²) >= 11 is 0. The van der Waals surface area contributed by atoms with Gasteiger partial charge in [-0.1, -0.05) is 36.4 Å². The second-order valence-electron chi connectivity index (χ2n) is 7.82. The van der Waals surface area contributed by atoms with E-state index in [2.05, 4.69) is 36.1 Å². The Morgan fingerprint density at radius 3 is 2.20 bits per heavy atom. The van der Waals surface area contributed by atoms with Gasteiger partial charge in [-0.15, -0.1) is 0 Å². The fourth-order valence-corrected chi connectivity index (χ4v) is 5.34. The van der Waals surface area contributed by atoms with E-state index in [1.54, 1.807) is 12.1 Å². The molecular weight excluding hydrogens is 400 g/mol. The van der Waals surface area contributed by atoms with Crippen LogP contribution in [0.5, 0.6) is 0 Å². The largest absolute Gasteiger partial charge is 0.394 e. The molecule has 1 atom stereocenters. The number of sulfonamides is 1. The normalized spacial score (nSPS) is 17.2. The number of likely N-dealkylation sites (tertiary alicyclic amines) is 1. The van der Waals surface area contributed by atoms with Gasteiger partial charge in [-0.3, -0.25) is 4.79 Å². The first-order valence-corrected chi connectivity index (χ1v) is 11.8. The molecule has 7 heteroatoms. The molecule has 1 aliphatic rings. The lowest BCUT2D eigenvalue weighted by atomic mass is 10.0. The maximum absolute atomic E-state index is 12.7. The zero-order valence-electron chi connectivity index (χ0n) is 17.6. The lowest BCUT2D eigenvalue weighted by molar-refractivity contribution is -0.124. The molecule has 2 aromatic carbocycles. The standard InChI is InChI=1S/C23H30N2O4S/c1-18-4-3-14-24(18)15-13-20-5-7-21(8-6-20)22-9-11-23(12-10-22)30(28,29)25(16-17-26)19(2)27/h5-12,18,26H,3-4,13-17H2,1-2H3/t18-/m1/s1. The van der Waals surface area contributed by atoms with E-state index in [1.165, 1.54) is 44.0 Å². The van der Waals surface area contributed by atoms with E-state index in [9.17, 15) is 13.2 Å². The summed E-state index contributed by atoms with van der Waals surface area (Å²) in [5.74, 6) is -0.618. The van der Waals surface area contributed by atoms with Gasteiger partial charge in [0.25, 0.3) is 10.0 Å². The molecule has 0 bridgehead atoms. The minimum atomic E-state index is -3.97. The number of nitrogens with zero attached hydrogens (tertiary/aromatic N) is 2. The quantitative estimate of drug-likeness (QED) is 0.697. The van der Waals surface area contributed by atoms with Gasteiger partial charge < -0.3 is 10.0 Å². The third kappa shape index (κ3) is 5.09. The highest BCUT2D eigenvalue weighted by Crippen LogP contribution is 2.24. The molecule has 1 N–H and O–H groups in total. The van der Waals surface area contributed by atoms with Crippen molar-refractivity contribution in [1.82, 2.24) is 9.21 Å². The number of carbonyl (C=O) groups is 1. The van der Waals surface area contributed by atoms with Gasteiger partial charge in [-0.25, -0.2) is 12.7 Å². The molecule has 0 spiro atoms. The van der Waals surface area contributed by atoms with Gasteiger partial charge in [-0.05, 0) is 61.6 Å². The molecule has 1 saturated heterocycles. The van der Waals surface area contributed by atoms with E-state index in [0.717, 1.165) is 24.1 Å². The van der Waals surface area contributed by atoms with Gasteiger partial charge >= 0.3 is 0 Å². The fraction of sp³-hybridized carbons (Fsp3) is 0.435. The second-order valence-corrected chi connectivity index (χ2v) is 9.68. The van der Waals surface area contributed by atoms with Crippen molar-refractivity contribution < 1.29 is 18.3 Å². The van der Waals surface area contributed by atoms with Crippen LogP contribution in [0.15, 0.2) is 53.4 Å². The van der Waals surface area contributed by atoms with Gasteiger partial charge in [0.2, 0.25) is 5.91 Å². The molecule has 0 aliphatic carbocycles. The summed E-state index contributed by atoms with van der Waals surface area (Å²) in [6.07, 6.45) is 3.60. The van der Waals surface area contributed by atoms with Crippen LogP contribution >= 0.6 is 0 Å². The topological polar surface area (TPSA) is 77.9 Å². The van der Waals surface area contributed by atoms with E-state index in [-0.39, 0.29) is 11.4 Å². The van der Waals surface area contributed by atoms with Crippen LogP contribution in [0.1, 0.15) is 32.3 Å². The predicted octanol–water partition coefficient (Wildman–Crippen LogP) is 2.91. The van der Waals surface area contributed by atoms with Crippen molar-refractivity contribution in [3.8, 4) is 11.1 Å². The maximum atomic E-state index is 12.7. The van der Waals surface area contributed by atoms with Crippen LogP contribution in [0.3, 0.4) is 0 Å². The summed E-state index contributed by atoms with van der Waals surface area (Å²) in [7, 11) is -3.97. The Bertz CT molecular complexity index is 956. The third-order valence-electron chi connectivity index (χ3n) is 5.76. The average molecular weight is 431 g/mol. The smallest absolute Gasteiger partial charge is 0.266 e. The Morgan fingerprint density at radius 2 is 1.70 bits per heavy atom. The van der Waals surface area contributed by atoms with Crippen molar-refractivity contribution in [2.75, 3.05) is 26.2 Å². The van der Waals surface area contributed by atoms with E-state index in [0.29, 0.717) is 10.3 Å².